The van der Waals surface area contributed by atoms with Crippen molar-refractivity contribution in [3.63, 3.8) is 0 Å². The highest BCUT2D eigenvalue weighted by Crippen LogP contribution is 2.41. The first-order valence-electron chi connectivity index (χ1n) is 12.8. The van der Waals surface area contributed by atoms with Gasteiger partial charge < -0.3 is 26.0 Å². The summed E-state index contributed by atoms with van der Waals surface area (Å²) < 4.78 is 5.32. The number of nitrogens with zero attached hydrogens (tertiary/aromatic N) is 1. The second-order valence-corrected chi connectivity index (χ2v) is 10.9. The number of nitrogens with one attached hydrogen (secondary N) is 2. The van der Waals surface area contributed by atoms with Crippen LogP contribution in [0.3, 0.4) is 0 Å². The molecule has 0 aromatic heterocycles. The van der Waals surface area contributed by atoms with Crippen LogP contribution in [0.1, 0.15) is 63.3 Å². The van der Waals surface area contributed by atoms with Crippen LogP contribution in [-0.2, 0) is 25.7 Å². The van der Waals surface area contributed by atoms with Gasteiger partial charge in [0.1, 0.15) is 17.7 Å². The van der Waals surface area contributed by atoms with Crippen LogP contribution in [-0.4, -0.2) is 46.4 Å². The molecule has 3 rings (SSSR count). The number of hydrogen-bond acceptors (Lipinski definition) is 5. The highest BCUT2D eigenvalue weighted by Gasteiger charge is 2.48. The molecule has 38 heavy (non-hydrogen) atoms. The van der Waals surface area contributed by atoms with Crippen molar-refractivity contribution in [3.05, 3.63) is 71.3 Å². The Morgan fingerprint density at radius 3 is 2.21 bits per heavy atom. The van der Waals surface area contributed by atoms with Gasteiger partial charge in [0.25, 0.3) is 0 Å². The Morgan fingerprint density at radius 2 is 1.66 bits per heavy atom. The smallest absolute Gasteiger partial charge is 0.408 e. The summed E-state index contributed by atoms with van der Waals surface area (Å²) in [5.74, 6) is -1.54. The van der Waals surface area contributed by atoms with E-state index in [4.69, 9.17) is 10.5 Å². The number of hydrogen-bond donors (Lipinski definition) is 3. The number of carbonyl (C=O) groups is 4. The van der Waals surface area contributed by atoms with E-state index in [0.29, 0.717) is 12.0 Å². The molecule has 204 valence electrons. The molecule has 0 spiro atoms. The fourth-order valence-electron chi connectivity index (χ4n) is 4.40. The molecule has 9 nitrogen and oxygen atoms in total. The van der Waals surface area contributed by atoms with Crippen molar-refractivity contribution in [2.75, 3.05) is 0 Å². The first kappa shape index (κ1) is 28.7. The fourth-order valence-corrected chi connectivity index (χ4v) is 4.40. The van der Waals surface area contributed by atoms with Gasteiger partial charge in [0.15, 0.2) is 0 Å². The number of aryl methyl sites for hydroxylation is 1. The monoisotopic (exact) mass is 522 g/mol. The van der Waals surface area contributed by atoms with Crippen LogP contribution >= 0.6 is 0 Å². The van der Waals surface area contributed by atoms with Crippen molar-refractivity contribution >= 4 is 23.8 Å². The maximum atomic E-state index is 14.1. The lowest BCUT2D eigenvalue weighted by molar-refractivity contribution is -0.144. The number of primary amides is 1. The van der Waals surface area contributed by atoms with Gasteiger partial charge in [-0.25, -0.2) is 4.79 Å². The summed E-state index contributed by atoms with van der Waals surface area (Å²) in [5, 5.41) is 5.49. The molecule has 4 N–H and O–H groups in total. The number of benzene rings is 2. The molecule has 0 bridgehead atoms. The third kappa shape index (κ3) is 7.81. The minimum atomic E-state index is -1.29. The molecule has 0 radical (unpaired) electrons. The van der Waals surface area contributed by atoms with E-state index in [2.05, 4.69) is 10.6 Å². The molecule has 4 atom stereocenters. The van der Waals surface area contributed by atoms with E-state index >= 15 is 0 Å². The summed E-state index contributed by atoms with van der Waals surface area (Å²) in [5.41, 5.74) is 7.07. The van der Waals surface area contributed by atoms with E-state index in [0.717, 1.165) is 11.1 Å². The van der Waals surface area contributed by atoms with Crippen LogP contribution in [0, 0.1) is 12.8 Å². The zero-order valence-electron chi connectivity index (χ0n) is 22.7. The van der Waals surface area contributed by atoms with Gasteiger partial charge in [-0.1, -0.05) is 61.5 Å². The second kappa shape index (κ2) is 12.1. The van der Waals surface area contributed by atoms with Crippen LogP contribution in [0.4, 0.5) is 4.79 Å². The quantitative estimate of drug-likeness (QED) is 0.440. The molecule has 1 fully saturated rings. The number of nitrogens with two attached hydrogens (primary N) is 1. The Bertz CT molecular complexity index is 1160. The van der Waals surface area contributed by atoms with Crippen LogP contribution in [0.5, 0.6) is 0 Å². The molecular weight excluding hydrogens is 484 g/mol. The van der Waals surface area contributed by atoms with Crippen LogP contribution in [0.2, 0.25) is 0 Å². The lowest BCUT2D eigenvalue weighted by atomic mass is 9.97. The number of carbonyl (C=O) groups excluding carboxylic acids is 4. The van der Waals surface area contributed by atoms with Gasteiger partial charge >= 0.3 is 6.09 Å². The van der Waals surface area contributed by atoms with Crippen molar-refractivity contribution in [1.29, 1.82) is 0 Å². The van der Waals surface area contributed by atoms with Gasteiger partial charge in [-0.05, 0) is 56.7 Å². The van der Waals surface area contributed by atoms with Crippen LogP contribution < -0.4 is 16.4 Å². The normalized spacial score (nSPS) is 18.0. The average molecular weight is 523 g/mol. The summed E-state index contributed by atoms with van der Waals surface area (Å²) in [6.07, 6.45) is -0.584. The SMILES string of the molecule is Cc1ccccc1C(C(=O)NCc1ccccc1)N(C(=O)C(CC(N)=O)NC(=O)OC(C)(C)C)C1CC1C. The zero-order valence-corrected chi connectivity index (χ0v) is 22.7. The van der Waals surface area contributed by atoms with Crippen molar-refractivity contribution in [2.45, 2.75) is 77.7 Å². The Hall–Kier alpha value is -3.88. The van der Waals surface area contributed by atoms with Crippen molar-refractivity contribution in [3.8, 4) is 0 Å². The van der Waals surface area contributed by atoms with E-state index in [1.165, 1.54) is 4.90 Å². The van der Waals surface area contributed by atoms with Gasteiger partial charge in [-0.3, -0.25) is 14.4 Å². The maximum Gasteiger partial charge on any atom is 0.408 e. The molecule has 1 aliphatic rings. The summed E-state index contributed by atoms with van der Waals surface area (Å²) in [6, 6.07) is 14.4. The predicted molar refractivity (Wildman–Crippen MR) is 144 cm³/mol. The van der Waals surface area contributed by atoms with Gasteiger partial charge in [-0.15, -0.1) is 0 Å². The fraction of sp³-hybridized carbons (Fsp3) is 0.448. The third-order valence-corrected chi connectivity index (χ3v) is 6.39. The first-order valence-corrected chi connectivity index (χ1v) is 12.8. The van der Waals surface area contributed by atoms with Crippen molar-refractivity contribution in [2.24, 2.45) is 11.7 Å². The van der Waals surface area contributed by atoms with Crippen LogP contribution in [0.25, 0.3) is 0 Å². The van der Waals surface area contributed by atoms with E-state index in [9.17, 15) is 19.2 Å². The van der Waals surface area contributed by atoms with Crippen molar-refractivity contribution in [1.82, 2.24) is 15.5 Å². The highest BCUT2D eigenvalue weighted by molar-refractivity contribution is 5.95. The Kier molecular flexibility index (Phi) is 9.14. The largest absolute Gasteiger partial charge is 0.444 e. The molecule has 0 aliphatic heterocycles. The minimum Gasteiger partial charge on any atom is -0.444 e. The zero-order chi connectivity index (χ0) is 28.0. The van der Waals surface area contributed by atoms with Gasteiger partial charge in [-0.2, -0.15) is 0 Å². The molecule has 1 saturated carbocycles. The molecule has 2 aromatic rings. The van der Waals surface area contributed by atoms with Gasteiger partial charge in [0, 0.05) is 12.6 Å². The number of rotatable bonds is 10. The van der Waals surface area contributed by atoms with E-state index in [-0.39, 0.29) is 24.4 Å². The minimum absolute atomic E-state index is 0.142. The molecule has 2 aromatic carbocycles. The Balaban J connectivity index is 1.98. The molecule has 0 saturated heterocycles. The molecular formula is C29H38N4O5. The number of ether oxygens (including phenoxy) is 1. The van der Waals surface area contributed by atoms with E-state index in [1.54, 1.807) is 20.8 Å². The highest BCUT2D eigenvalue weighted by atomic mass is 16.6. The topological polar surface area (TPSA) is 131 Å². The van der Waals surface area contributed by atoms with Gasteiger partial charge in [0.2, 0.25) is 17.7 Å². The summed E-state index contributed by atoms with van der Waals surface area (Å²) in [7, 11) is 0. The van der Waals surface area contributed by atoms with Crippen molar-refractivity contribution < 1.29 is 23.9 Å². The summed E-state index contributed by atoms with van der Waals surface area (Å²) >= 11 is 0. The average Bonchev–Trinajstić information content (AvgIpc) is 3.55. The summed E-state index contributed by atoms with van der Waals surface area (Å²) in [6.45, 7) is 9.24. The van der Waals surface area contributed by atoms with E-state index in [1.807, 2.05) is 68.4 Å². The van der Waals surface area contributed by atoms with Crippen LogP contribution in [0.15, 0.2) is 54.6 Å². The molecule has 4 unspecified atom stereocenters. The standard InChI is InChI=1S/C29H38N4O5/c1-18-11-9-10-14-21(18)25(26(35)31-17-20-12-7-6-8-13-20)33(23-15-19(23)2)27(36)22(16-24(30)34)32-28(37)38-29(3,4)5/h6-14,19,22-23,25H,15-17H2,1-5H3,(H2,30,34)(H,31,35)(H,32,37). The van der Waals surface area contributed by atoms with Gasteiger partial charge in [0.05, 0.1) is 6.42 Å². The van der Waals surface area contributed by atoms with E-state index < -0.39 is 42.0 Å². The molecule has 1 aliphatic carbocycles. The lowest BCUT2D eigenvalue weighted by Gasteiger charge is -2.35. The Labute approximate surface area is 224 Å². The number of amides is 4. The molecule has 9 heteroatoms. The third-order valence-electron chi connectivity index (χ3n) is 6.39. The predicted octanol–water partition coefficient (Wildman–Crippen LogP) is 3.36. The molecule has 0 heterocycles. The lowest BCUT2D eigenvalue weighted by Crippen LogP contribution is -2.55. The second-order valence-electron chi connectivity index (χ2n) is 10.9. The first-order chi connectivity index (χ1) is 17.9. The summed E-state index contributed by atoms with van der Waals surface area (Å²) in [4.78, 5) is 53.9. The maximum absolute atomic E-state index is 14.1. The number of alkyl carbamates (subject to hydrolysis) is 1. The molecule has 4 amide bonds. The Morgan fingerprint density at radius 1 is 1.05 bits per heavy atom.